The van der Waals surface area contributed by atoms with E-state index in [1.807, 2.05) is 0 Å². The van der Waals surface area contributed by atoms with Crippen molar-refractivity contribution in [3.63, 3.8) is 0 Å². The highest BCUT2D eigenvalue weighted by molar-refractivity contribution is 5.93. The molecule has 0 saturated carbocycles. The van der Waals surface area contributed by atoms with Gasteiger partial charge in [0.2, 0.25) is 5.91 Å². The summed E-state index contributed by atoms with van der Waals surface area (Å²) in [7, 11) is 0. The van der Waals surface area contributed by atoms with Crippen molar-refractivity contribution >= 4 is 23.5 Å². The molecule has 0 aromatic heterocycles. The summed E-state index contributed by atoms with van der Waals surface area (Å²) < 4.78 is 5.07. The number of benzene rings is 1. The minimum atomic E-state index is -0.543. The van der Waals surface area contributed by atoms with E-state index in [1.165, 1.54) is 6.92 Å². The van der Waals surface area contributed by atoms with Crippen LogP contribution in [0.3, 0.4) is 0 Å². The van der Waals surface area contributed by atoms with Gasteiger partial charge in [-0.1, -0.05) is 6.92 Å². The number of nitrogens with zero attached hydrogens (tertiary/aromatic N) is 1. The maximum absolute atomic E-state index is 12.0. The minimum absolute atomic E-state index is 0.153. The van der Waals surface area contributed by atoms with Crippen LogP contribution in [-0.2, 0) is 14.3 Å². The fraction of sp³-hybridized carbons (Fsp3) is 0.471. The molecule has 1 aliphatic rings. The third-order valence-electron chi connectivity index (χ3n) is 3.90. The lowest BCUT2D eigenvalue weighted by Crippen LogP contribution is -2.40. The third-order valence-corrected chi connectivity index (χ3v) is 3.90. The van der Waals surface area contributed by atoms with Crippen LogP contribution < -0.4 is 5.32 Å². The van der Waals surface area contributed by atoms with Gasteiger partial charge in [0, 0.05) is 25.7 Å². The van der Waals surface area contributed by atoms with Crippen LogP contribution >= 0.6 is 0 Å². The monoisotopic (exact) mass is 318 g/mol. The molecule has 23 heavy (non-hydrogen) atoms. The second kappa shape index (κ2) is 7.76. The Hall–Kier alpha value is -2.37. The zero-order valence-corrected chi connectivity index (χ0v) is 13.5. The van der Waals surface area contributed by atoms with Gasteiger partial charge in [-0.05, 0) is 43.0 Å². The van der Waals surface area contributed by atoms with Gasteiger partial charge >= 0.3 is 5.97 Å². The van der Waals surface area contributed by atoms with Crippen LogP contribution in [0.1, 0.15) is 37.0 Å². The molecular weight excluding hydrogens is 296 g/mol. The van der Waals surface area contributed by atoms with Crippen LogP contribution in [0.25, 0.3) is 0 Å². The largest absolute Gasteiger partial charge is 0.452 e. The molecule has 1 heterocycles. The highest BCUT2D eigenvalue weighted by atomic mass is 16.5. The minimum Gasteiger partial charge on any atom is -0.452 e. The predicted molar refractivity (Wildman–Crippen MR) is 86.0 cm³/mol. The Kier molecular flexibility index (Phi) is 5.73. The van der Waals surface area contributed by atoms with Crippen LogP contribution in [0.5, 0.6) is 0 Å². The standard InChI is InChI=1S/C17H22N2O4/c1-12-7-9-19(10-8-12)16(21)11-23-17(22)14-3-5-15(6-4-14)18-13(2)20/h3-6,12H,7-11H2,1-2H3,(H,18,20). The Morgan fingerprint density at radius 3 is 2.35 bits per heavy atom. The molecule has 0 bridgehead atoms. The number of hydrogen-bond acceptors (Lipinski definition) is 4. The summed E-state index contributed by atoms with van der Waals surface area (Å²) in [6.07, 6.45) is 1.98. The van der Waals surface area contributed by atoms with E-state index in [-0.39, 0.29) is 18.4 Å². The van der Waals surface area contributed by atoms with Crippen molar-refractivity contribution in [2.45, 2.75) is 26.7 Å². The third kappa shape index (κ3) is 5.09. The zero-order valence-electron chi connectivity index (χ0n) is 13.5. The topological polar surface area (TPSA) is 75.7 Å². The molecule has 124 valence electrons. The van der Waals surface area contributed by atoms with Crippen molar-refractivity contribution in [3.05, 3.63) is 29.8 Å². The van der Waals surface area contributed by atoms with Crippen molar-refractivity contribution in [3.8, 4) is 0 Å². The first kappa shape index (κ1) is 17.0. The summed E-state index contributed by atoms with van der Waals surface area (Å²) in [4.78, 5) is 36.6. The first-order chi connectivity index (χ1) is 11.0. The molecule has 0 atom stereocenters. The zero-order chi connectivity index (χ0) is 16.8. The average Bonchev–Trinajstić information content (AvgIpc) is 2.53. The number of likely N-dealkylation sites (tertiary alicyclic amines) is 1. The molecule has 1 aromatic carbocycles. The van der Waals surface area contributed by atoms with Crippen molar-refractivity contribution in [2.24, 2.45) is 5.92 Å². The Morgan fingerprint density at radius 1 is 1.17 bits per heavy atom. The van der Waals surface area contributed by atoms with Gasteiger partial charge in [0.15, 0.2) is 6.61 Å². The van der Waals surface area contributed by atoms with Crippen molar-refractivity contribution in [1.29, 1.82) is 0 Å². The Labute approximate surface area is 135 Å². The number of piperidine rings is 1. The number of anilines is 1. The maximum Gasteiger partial charge on any atom is 0.338 e. The number of hydrogen-bond donors (Lipinski definition) is 1. The molecule has 0 radical (unpaired) electrons. The van der Waals surface area contributed by atoms with Gasteiger partial charge < -0.3 is 15.0 Å². The SMILES string of the molecule is CC(=O)Nc1ccc(C(=O)OCC(=O)N2CCC(C)CC2)cc1. The first-order valence-corrected chi connectivity index (χ1v) is 7.78. The molecule has 0 unspecified atom stereocenters. The fourth-order valence-corrected chi connectivity index (χ4v) is 2.45. The summed E-state index contributed by atoms with van der Waals surface area (Å²) in [5.74, 6) is -0.233. The number of rotatable bonds is 4. The van der Waals surface area contributed by atoms with Crippen molar-refractivity contribution in [2.75, 3.05) is 25.0 Å². The van der Waals surface area contributed by atoms with Crippen molar-refractivity contribution in [1.82, 2.24) is 4.90 Å². The van der Waals surface area contributed by atoms with E-state index in [0.717, 1.165) is 25.9 Å². The van der Waals surface area contributed by atoms with E-state index in [2.05, 4.69) is 12.2 Å². The molecule has 1 aromatic rings. The highest BCUT2D eigenvalue weighted by Crippen LogP contribution is 2.16. The van der Waals surface area contributed by atoms with E-state index in [1.54, 1.807) is 29.2 Å². The number of carbonyl (C=O) groups excluding carboxylic acids is 3. The summed E-state index contributed by atoms with van der Waals surface area (Å²) in [6.45, 7) is 4.80. The van der Waals surface area contributed by atoms with E-state index in [9.17, 15) is 14.4 Å². The molecule has 6 nitrogen and oxygen atoms in total. The van der Waals surface area contributed by atoms with Gasteiger partial charge in [0.1, 0.15) is 0 Å². The fourth-order valence-electron chi connectivity index (χ4n) is 2.45. The summed E-state index contributed by atoms with van der Waals surface area (Å²) >= 11 is 0. The number of esters is 1. The van der Waals surface area contributed by atoms with E-state index in [0.29, 0.717) is 17.2 Å². The Bertz CT molecular complexity index is 575. The lowest BCUT2D eigenvalue weighted by molar-refractivity contribution is -0.135. The normalized spacial score (nSPS) is 15.1. The lowest BCUT2D eigenvalue weighted by atomic mass is 9.99. The average molecular weight is 318 g/mol. The molecule has 6 heteroatoms. The predicted octanol–water partition coefficient (Wildman–Crippen LogP) is 2.06. The van der Waals surface area contributed by atoms with Gasteiger partial charge in [0.25, 0.3) is 5.91 Å². The van der Waals surface area contributed by atoms with Gasteiger partial charge in [-0.3, -0.25) is 9.59 Å². The van der Waals surface area contributed by atoms with Gasteiger partial charge in [-0.15, -0.1) is 0 Å². The van der Waals surface area contributed by atoms with Crippen LogP contribution in [0.2, 0.25) is 0 Å². The van der Waals surface area contributed by atoms with Crippen LogP contribution in [0.4, 0.5) is 5.69 Å². The summed E-state index contributed by atoms with van der Waals surface area (Å²) in [5.41, 5.74) is 0.951. The number of nitrogens with one attached hydrogen (secondary N) is 1. The second-order valence-electron chi connectivity index (χ2n) is 5.90. The maximum atomic E-state index is 12.0. The summed E-state index contributed by atoms with van der Waals surface area (Å²) in [6, 6.07) is 6.35. The van der Waals surface area contributed by atoms with Gasteiger partial charge in [0.05, 0.1) is 5.56 Å². The number of ether oxygens (including phenoxy) is 1. The first-order valence-electron chi connectivity index (χ1n) is 7.78. The number of carbonyl (C=O) groups is 3. The quantitative estimate of drug-likeness (QED) is 0.862. The summed E-state index contributed by atoms with van der Waals surface area (Å²) in [5, 5.41) is 2.62. The van der Waals surface area contributed by atoms with Crippen LogP contribution in [-0.4, -0.2) is 42.4 Å². The Balaban J connectivity index is 1.82. The molecule has 2 amide bonds. The van der Waals surface area contributed by atoms with Crippen molar-refractivity contribution < 1.29 is 19.1 Å². The molecular formula is C17H22N2O4. The highest BCUT2D eigenvalue weighted by Gasteiger charge is 2.21. The molecule has 2 rings (SSSR count). The molecule has 1 N–H and O–H groups in total. The van der Waals surface area contributed by atoms with Crippen LogP contribution in [0, 0.1) is 5.92 Å². The van der Waals surface area contributed by atoms with E-state index < -0.39 is 5.97 Å². The molecule has 1 saturated heterocycles. The van der Waals surface area contributed by atoms with E-state index in [4.69, 9.17) is 4.74 Å². The molecule has 1 fully saturated rings. The number of amides is 2. The van der Waals surface area contributed by atoms with Crippen LogP contribution in [0.15, 0.2) is 24.3 Å². The van der Waals surface area contributed by atoms with E-state index >= 15 is 0 Å². The smallest absolute Gasteiger partial charge is 0.338 e. The molecule has 0 aliphatic carbocycles. The molecule has 1 aliphatic heterocycles. The van der Waals surface area contributed by atoms with Gasteiger partial charge in [-0.2, -0.15) is 0 Å². The molecule has 0 spiro atoms. The second-order valence-corrected chi connectivity index (χ2v) is 5.90. The Morgan fingerprint density at radius 2 is 1.78 bits per heavy atom. The lowest BCUT2D eigenvalue weighted by Gasteiger charge is -2.30. The van der Waals surface area contributed by atoms with Gasteiger partial charge in [-0.25, -0.2) is 4.79 Å².